The summed E-state index contributed by atoms with van der Waals surface area (Å²) in [5.41, 5.74) is 3.27. The quantitative estimate of drug-likeness (QED) is 0.658. The lowest BCUT2D eigenvalue weighted by molar-refractivity contribution is 0.0242. The van der Waals surface area contributed by atoms with Gasteiger partial charge in [-0.05, 0) is 61.5 Å². The fourth-order valence-corrected chi connectivity index (χ4v) is 5.72. The predicted octanol–water partition coefficient (Wildman–Crippen LogP) is 5.84. The topological polar surface area (TPSA) is 35.3 Å². The first kappa shape index (κ1) is 15.1. The fourth-order valence-electron chi connectivity index (χ4n) is 5.14. The van der Waals surface area contributed by atoms with Crippen molar-refractivity contribution in [3.8, 4) is 11.3 Å². The summed E-state index contributed by atoms with van der Waals surface area (Å²) in [6.07, 6.45) is 6.79. The van der Waals surface area contributed by atoms with E-state index >= 15 is 0 Å². The standard InChI is InChI=1S/C20H19Cl2NO2/c21-14-2-1-3-15(22)17(14)18-12(19(25-23-18)10-4-5-10)9-24-16-6-11-7-20(11)8-13(16)20/h1-3,10-11,13,16H,4-9H2. The van der Waals surface area contributed by atoms with Crippen LogP contribution in [0, 0.1) is 17.3 Å². The highest BCUT2D eigenvalue weighted by Crippen LogP contribution is 2.82. The summed E-state index contributed by atoms with van der Waals surface area (Å²) in [5, 5.41) is 5.55. The molecule has 3 nitrogen and oxygen atoms in total. The van der Waals surface area contributed by atoms with E-state index in [0.717, 1.165) is 47.3 Å². The van der Waals surface area contributed by atoms with E-state index < -0.39 is 0 Å². The Bertz CT molecular complexity index is 854. The molecule has 1 aromatic heterocycles. The van der Waals surface area contributed by atoms with Crippen molar-refractivity contribution in [2.75, 3.05) is 0 Å². The Labute approximate surface area is 156 Å². The first-order valence-electron chi connectivity index (χ1n) is 9.22. The average Bonchev–Trinajstić information content (AvgIpc) is 3.52. The lowest BCUT2D eigenvalue weighted by atomic mass is 10.0. The highest BCUT2D eigenvalue weighted by molar-refractivity contribution is 6.39. The predicted molar refractivity (Wildman–Crippen MR) is 95.8 cm³/mol. The zero-order valence-corrected chi connectivity index (χ0v) is 15.3. The molecule has 130 valence electrons. The molecule has 5 heteroatoms. The number of nitrogens with zero attached hydrogens (tertiary/aromatic N) is 1. The van der Waals surface area contributed by atoms with E-state index in [1.807, 2.05) is 18.2 Å². The van der Waals surface area contributed by atoms with Crippen molar-refractivity contribution in [1.29, 1.82) is 0 Å². The van der Waals surface area contributed by atoms with Crippen LogP contribution in [-0.4, -0.2) is 11.3 Å². The molecule has 0 N–H and O–H groups in total. The first-order chi connectivity index (χ1) is 12.2. The van der Waals surface area contributed by atoms with Crippen LogP contribution in [0.1, 0.15) is 49.3 Å². The minimum Gasteiger partial charge on any atom is -0.373 e. The van der Waals surface area contributed by atoms with Crippen LogP contribution in [-0.2, 0) is 11.3 Å². The number of benzene rings is 1. The molecule has 0 amide bonds. The molecule has 4 saturated carbocycles. The molecule has 1 spiro atoms. The molecule has 4 atom stereocenters. The van der Waals surface area contributed by atoms with Gasteiger partial charge in [-0.25, -0.2) is 0 Å². The van der Waals surface area contributed by atoms with E-state index in [1.165, 1.54) is 19.3 Å². The maximum Gasteiger partial charge on any atom is 0.145 e. The second-order valence-corrected chi connectivity index (χ2v) is 9.09. The second-order valence-electron chi connectivity index (χ2n) is 8.27. The van der Waals surface area contributed by atoms with E-state index in [1.54, 1.807) is 0 Å². The molecule has 25 heavy (non-hydrogen) atoms. The van der Waals surface area contributed by atoms with E-state index in [4.69, 9.17) is 32.5 Å². The summed E-state index contributed by atoms with van der Waals surface area (Å²) in [6, 6.07) is 5.54. The number of hydrogen-bond acceptors (Lipinski definition) is 3. The van der Waals surface area contributed by atoms with Gasteiger partial charge in [0, 0.05) is 17.0 Å². The van der Waals surface area contributed by atoms with Gasteiger partial charge in [-0.2, -0.15) is 0 Å². The molecular weight excluding hydrogens is 357 g/mol. The molecular formula is C20H19Cl2NO2. The van der Waals surface area contributed by atoms with Crippen LogP contribution in [0.3, 0.4) is 0 Å². The third kappa shape index (κ3) is 2.19. The molecule has 4 unspecified atom stereocenters. The number of hydrogen-bond donors (Lipinski definition) is 0. The molecule has 4 aliphatic carbocycles. The number of halogens is 2. The smallest absolute Gasteiger partial charge is 0.145 e. The van der Waals surface area contributed by atoms with E-state index in [9.17, 15) is 0 Å². The van der Waals surface area contributed by atoms with Crippen molar-refractivity contribution in [1.82, 2.24) is 5.16 Å². The lowest BCUT2D eigenvalue weighted by Gasteiger charge is -2.15. The SMILES string of the molecule is Clc1cccc(Cl)c1-c1noc(C2CC2)c1COC1CC2CC23CC13. The summed E-state index contributed by atoms with van der Waals surface area (Å²) in [5.74, 6) is 3.18. The summed E-state index contributed by atoms with van der Waals surface area (Å²) in [7, 11) is 0. The van der Waals surface area contributed by atoms with Crippen molar-refractivity contribution in [3.05, 3.63) is 39.6 Å². The minimum absolute atomic E-state index is 0.412. The fraction of sp³-hybridized carbons (Fsp3) is 0.550. The third-order valence-corrected chi connectivity index (χ3v) is 7.46. The highest BCUT2D eigenvalue weighted by atomic mass is 35.5. The van der Waals surface area contributed by atoms with Gasteiger partial charge in [0.15, 0.2) is 0 Å². The Morgan fingerprint density at radius 2 is 2.00 bits per heavy atom. The summed E-state index contributed by atoms with van der Waals surface area (Å²) >= 11 is 12.8. The zero-order valence-electron chi connectivity index (χ0n) is 13.8. The Hall–Kier alpha value is -1.03. The van der Waals surface area contributed by atoms with Crippen molar-refractivity contribution < 1.29 is 9.26 Å². The minimum atomic E-state index is 0.412. The molecule has 4 aliphatic rings. The molecule has 1 heterocycles. The van der Waals surface area contributed by atoms with Gasteiger partial charge in [0.25, 0.3) is 0 Å². The van der Waals surface area contributed by atoms with E-state index in [0.29, 0.717) is 34.1 Å². The van der Waals surface area contributed by atoms with Crippen LogP contribution in [0.15, 0.2) is 22.7 Å². The molecule has 1 aromatic carbocycles. The molecule has 0 radical (unpaired) electrons. The van der Waals surface area contributed by atoms with Crippen LogP contribution in [0.4, 0.5) is 0 Å². The maximum absolute atomic E-state index is 6.41. The van der Waals surface area contributed by atoms with Gasteiger partial charge in [0.05, 0.1) is 22.8 Å². The monoisotopic (exact) mass is 375 g/mol. The zero-order chi connectivity index (χ0) is 16.8. The molecule has 0 aliphatic heterocycles. The van der Waals surface area contributed by atoms with Crippen molar-refractivity contribution >= 4 is 23.2 Å². The van der Waals surface area contributed by atoms with Gasteiger partial charge < -0.3 is 9.26 Å². The average molecular weight is 376 g/mol. The summed E-state index contributed by atoms with van der Waals surface area (Å²) < 4.78 is 12.1. The van der Waals surface area contributed by atoms with E-state index in [-0.39, 0.29) is 0 Å². The Kier molecular flexibility index (Phi) is 3.03. The van der Waals surface area contributed by atoms with Gasteiger partial charge in [-0.1, -0.05) is 34.4 Å². The van der Waals surface area contributed by atoms with Crippen molar-refractivity contribution in [3.63, 3.8) is 0 Å². The molecule has 2 aromatic rings. The molecule has 6 rings (SSSR count). The summed E-state index contributed by atoms with van der Waals surface area (Å²) in [6.45, 7) is 0.552. The normalized spacial score (nSPS) is 34.7. The largest absolute Gasteiger partial charge is 0.373 e. The highest BCUT2D eigenvalue weighted by Gasteiger charge is 2.77. The number of ether oxygens (including phenoxy) is 1. The molecule has 4 fully saturated rings. The van der Waals surface area contributed by atoms with Crippen LogP contribution >= 0.6 is 23.2 Å². The van der Waals surface area contributed by atoms with E-state index in [2.05, 4.69) is 5.16 Å². The van der Waals surface area contributed by atoms with Crippen molar-refractivity contribution in [2.24, 2.45) is 17.3 Å². The van der Waals surface area contributed by atoms with Gasteiger partial charge >= 0.3 is 0 Å². The number of aromatic nitrogens is 1. The van der Waals surface area contributed by atoms with Crippen LogP contribution in [0.25, 0.3) is 11.3 Å². The van der Waals surface area contributed by atoms with Crippen LogP contribution < -0.4 is 0 Å². The molecule has 0 saturated heterocycles. The van der Waals surface area contributed by atoms with Crippen LogP contribution in [0.2, 0.25) is 10.0 Å². The van der Waals surface area contributed by atoms with Gasteiger partial charge in [0.1, 0.15) is 11.5 Å². The lowest BCUT2D eigenvalue weighted by Crippen LogP contribution is -2.14. The molecule has 0 bridgehead atoms. The third-order valence-electron chi connectivity index (χ3n) is 6.83. The van der Waals surface area contributed by atoms with Crippen LogP contribution in [0.5, 0.6) is 0 Å². The Morgan fingerprint density at radius 1 is 1.20 bits per heavy atom. The van der Waals surface area contributed by atoms with Gasteiger partial charge in [-0.15, -0.1) is 0 Å². The van der Waals surface area contributed by atoms with Gasteiger partial charge in [0.2, 0.25) is 0 Å². The second kappa shape index (κ2) is 5.03. The Morgan fingerprint density at radius 3 is 2.64 bits per heavy atom. The maximum atomic E-state index is 6.41. The first-order valence-corrected chi connectivity index (χ1v) is 9.97. The Balaban J connectivity index is 1.33. The van der Waals surface area contributed by atoms with Gasteiger partial charge in [-0.3, -0.25) is 0 Å². The van der Waals surface area contributed by atoms with Crippen molar-refractivity contribution in [2.45, 2.75) is 50.7 Å². The summed E-state index contributed by atoms with van der Waals surface area (Å²) in [4.78, 5) is 0. The number of rotatable bonds is 5.